The molecule has 6 heteroatoms. The highest BCUT2D eigenvalue weighted by Crippen LogP contribution is 2.07. The van der Waals surface area contributed by atoms with Crippen molar-refractivity contribution in [3.8, 4) is 0 Å². The molecule has 0 saturated carbocycles. The van der Waals surface area contributed by atoms with Crippen LogP contribution in [0.3, 0.4) is 0 Å². The summed E-state index contributed by atoms with van der Waals surface area (Å²) in [5, 5.41) is 11.8. The second-order valence-electron chi connectivity index (χ2n) is 3.77. The lowest BCUT2D eigenvalue weighted by atomic mass is 10.3. The monoisotopic (exact) mass is 284 g/mol. The van der Waals surface area contributed by atoms with E-state index in [1.807, 2.05) is 0 Å². The molecule has 1 heterocycles. The second kappa shape index (κ2) is 9.63. The molecule has 1 aromatic rings. The van der Waals surface area contributed by atoms with Gasteiger partial charge in [0.1, 0.15) is 5.82 Å². The van der Waals surface area contributed by atoms with Crippen LogP contribution in [0.5, 0.6) is 0 Å². The Kier molecular flexibility index (Phi) is 8.00. The molecule has 0 spiro atoms. The van der Waals surface area contributed by atoms with E-state index in [1.165, 1.54) is 6.20 Å². The fourth-order valence-corrected chi connectivity index (χ4v) is 2.14. The molecule has 0 unspecified atom stereocenters. The Bertz CT molecular complexity index is 371. The maximum absolute atomic E-state index is 11.4. The number of ether oxygens (including phenoxy) is 1. The summed E-state index contributed by atoms with van der Waals surface area (Å²) >= 11 is 1.79. The first kappa shape index (κ1) is 15.8. The van der Waals surface area contributed by atoms with Gasteiger partial charge in [-0.05, 0) is 31.2 Å². The summed E-state index contributed by atoms with van der Waals surface area (Å²) in [4.78, 5) is 15.6. The molecule has 0 aliphatic carbocycles. The van der Waals surface area contributed by atoms with Crippen molar-refractivity contribution in [2.24, 2.45) is 0 Å². The normalized spacial score (nSPS) is 10.2. The maximum Gasteiger partial charge on any atom is 0.339 e. The first-order chi connectivity index (χ1) is 9.27. The van der Waals surface area contributed by atoms with Gasteiger partial charge in [0.2, 0.25) is 0 Å². The fraction of sp³-hybridized carbons (Fsp3) is 0.538. The largest absolute Gasteiger partial charge is 0.462 e. The van der Waals surface area contributed by atoms with Gasteiger partial charge < -0.3 is 15.2 Å². The zero-order valence-corrected chi connectivity index (χ0v) is 11.9. The predicted molar refractivity (Wildman–Crippen MR) is 77.7 cm³/mol. The number of hydrogen-bond donors (Lipinski definition) is 2. The van der Waals surface area contributed by atoms with Crippen LogP contribution in [0.15, 0.2) is 18.3 Å². The molecule has 0 amide bonds. The first-order valence-electron chi connectivity index (χ1n) is 6.33. The average Bonchev–Trinajstić information content (AvgIpc) is 2.43. The maximum atomic E-state index is 11.4. The summed E-state index contributed by atoms with van der Waals surface area (Å²) in [6.45, 7) is 3.19. The third kappa shape index (κ3) is 6.45. The van der Waals surface area contributed by atoms with Gasteiger partial charge >= 0.3 is 5.97 Å². The number of aliphatic hydroxyl groups excluding tert-OH is 1. The summed E-state index contributed by atoms with van der Waals surface area (Å²) < 4.78 is 4.88. The van der Waals surface area contributed by atoms with Gasteiger partial charge in [-0.3, -0.25) is 0 Å². The van der Waals surface area contributed by atoms with Crippen molar-refractivity contribution in [3.05, 3.63) is 23.9 Å². The molecule has 0 aromatic carbocycles. The van der Waals surface area contributed by atoms with E-state index in [0.29, 0.717) is 12.2 Å². The Morgan fingerprint density at radius 1 is 1.47 bits per heavy atom. The molecule has 5 nitrogen and oxygen atoms in total. The minimum Gasteiger partial charge on any atom is -0.462 e. The predicted octanol–water partition coefficient (Wildman–Crippen LogP) is 1.79. The smallest absolute Gasteiger partial charge is 0.339 e. The van der Waals surface area contributed by atoms with E-state index in [9.17, 15) is 4.79 Å². The van der Waals surface area contributed by atoms with Crippen LogP contribution < -0.4 is 5.32 Å². The highest BCUT2D eigenvalue weighted by atomic mass is 32.2. The van der Waals surface area contributed by atoms with Gasteiger partial charge in [-0.15, -0.1) is 0 Å². The average molecular weight is 284 g/mol. The molecule has 2 N–H and O–H groups in total. The molecule has 0 saturated heterocycles. The first-order valence-corrected chi connectivity index (χ1v) is 7.49. The van der Waals surface area contributed by atoms with E-state index >= 15 is 0 Å². The van der Waals surface area contributed by atoms with Crippen LogP contribution in [-0.4, -0.2) is 47.3 Å². The van der Waals surface area contributed by atoms with Crippen LogP contribution in [0.2, 0.25) is 0 Å². The van der Waals surface area contributed by atoms with Gasteiger partial charge in [0.05, 0.1) is 12.2 Å². The van der Waals surface area contributed by atoms with Gasteiger partial charge in [0.25, 0.3) is 0 Å². The summed E-state index contributed by atoms with van der Waals surface area (Å²) in [6.07, 6.45) is 2.34. The highest BCUT2D eigenvalue weighted by molar-refractivity contribution is 7.99. The summed E-state index contributed by atoms with van der Waals surface area (Å²) in [5.41, 5.74) is 0.463. The van der Waals surface area contributed by atoms with Crippen LogP contribution >= 0.6 is 11.8 Å². The zero-order chi connectivity index (χ0) is 13.9. The molecule has 0 atom stereocenters. The van der Waals surface area contributed by atoms with Crippen LogP contribution in [0, 0.1) is 0 Å². The van der Waals surface area contributed by atoms with E-state index in [1.54, 1.807) is 30.8 Å². The van der Waals surface area contributed by atoms with E-state index in [4.69, 9.17) is 9.84 Å². The molecule has 0 aliphatic heterocycles. The van der Waals surface area contributed by atoms with Crippen molar-refractivity contribution >= 4 is 23.5 Å². The number of hydrogen-bond acceptors (Lipinski definition) is 6. The SMILES string of the molecule is CCOC(=O)c1ccc(NCCSCCCO)nc1. The number of rotatable bonds is 9. The van der Waals surface area contributed by atoms with Crippen molar-refractivity contribution in [3.63, 3.8) is 0 Å². The molecule has 19 heavy (non-hydrogen) atoms. The van der Waals surface area contributed by atoms with Crippen LogP contribution in [0.1, 0.15) is 23.7 Å². The Morgan fingerprint density at radius 3 is 2.95 bits per heavy atom. The van der Waals surface area contributed by atoms with Crippen LogP contribution in [0.4, 0.5) is 5.82 Å². The molecular weight excluding hydrogens is 264 g/mol. The Balaban J connectivity index is 2.26. The quantitative estimate of drug-likeness (QED) is 0.532. The molecule has 0 fully saturated rings. The fourth-order valence-electron chi connectivity index (χ4n) is 1.35. The van der Waals surface area contributed by atoms with Gasteiger partial charge in [-0.2, -0.15) is 11.8 Å². The number of esters is 1. The standard InChI is InChI=1S/C13H20N2O3S/c1-2-18-13(17)11-4-5-12(15-10-11)14-6-9-19-8-3-7-16/h4-5,10,16H,2-3,6-9H2,1H3,(H,14,15). The topological polar surface area (TPSA) is 71.5 Å². The zero-order valence-electron chi connectivity index (χ0n) is 11.1. The molecule has 1 rings (SSSR count). The van der Waals surface area contributed by atoms with E-state index in [0.717, 1.165) is 30.3 Å². The van der Waals surface area contributed by atoms with Crippen LogP contribution in [0.25, 0.3) is 0 Å². The number of nitrogens with one attached hydrogen (secondary N) is 1. The summed E-state index contributed by atoms with van der Waals surface area (Å²) in [5.74, 6) is 2.33. The number of thioether (sulfide) groups is 1. The Hall–Kier alpha value is -1.27. The third-order valence-corrected chi connectivity index (χ3v) is 3.34. The lowest BCUT2D eigenvalue weighted by Gasteiger charge is -2.06. The number of anilines is 1. The van der Waals surface area contributed by atoms with Gasteiger partial charge in [-0.25, -0.2) is 9.78 Å². The number of aromatic nitrogens is 1. The molecule has 0 aliphatic rings. The van der Waals surface area contributed by atoms with Crippen molar-refractivity contribution < 1.29 is 14.6 Å². The van der Waals surface area contributed by atoms with Crippen molar-refractivity contribution in [1.29, 1.82) is 0 Å². The van der Waals surface area contributed by atoms with Crippen molar-refractivity contribution in [1.82, 2.24) is 4.98 Å². The van der Waals surface area contributed by atoms with Crippen molar-refractivity contribution in [2.45, 2.75) is 13.3 Å². The Labute approximate surface area is 117 Å². The molecule has 0 radical (unpaired) electrons. The lowest BCUT2D eigenvalue weighted by molar-refractivity contribution is 0.0526. The summed E-state index contributed by atoms with van der Waals surface area (Å²) in [7, 11) is 0. The Morgan fingerprint density at radius 2 is 2.32 bits per heavy atom. The number of pyridine rings is 1. The number of nitrogens with zero attached hydrogens (tertiary/aromatic N) is 1. The summed E-state index contributed by atoms with van der Waals surface area (Å²) in [6, 6.07) is 3.47. The van der Waals surface area contributed by atoms with Gasteiger partial charge in [-0.1, -0.05) is 0 Å². The third-order valence-electron chi connectivity index (χ3n) is 2.27. The van der Waals surface area contributed by atoms with E-state index < -0.39 is 0 Å². The van der Waals surface area contributed by atoms with Crippen molar-refractivity contribution in [2.75, 3.05) is 36.6 Å². The van der Waals surface area contributed by atoms with Crippen LogP contribution in [-0.2, 0) is 4.74 Å². The van der Waals surface area contributed by atoms with Gasteiger partial charge in [0, 0.05) is 25.1 Å². The molecular formula is C13H20N2O3S. The minimum atomic E-state index is -0.346. The van der Waals surface area contributed by atoms with E-state index in [2.05, 4.69) is 10.3 Å². The molecule has 106 valence electrons. The van der Waals surface area contributed by atoms with E-state index in [-0.39, 0.29) is 12.6 Å². The molecule has 0 bridgehead atoms. The minimum absolute atomic E-state index is 0.247. The number of carbonyl (C=O) groups is 1. The number of carbonyl (C=O) groups excluding carboxylic acids is 1. The highest BCUT2D eigenvalue weighted by Gasteiger charge is 2.06. The van der Waals surface area contributed by atoms with Gasteiger partial charge in [0.15, 0.2) is 0 Å². The lowest BCUT2D eigenvalue weighted by Crippen LogP contribution is -2.08. The second-order valence-corrected chi connectivity index (χ2v) is 4.99. The number of aliphatic hydroxyl groups is 1. The molecule has 1 aromatic heterocycles.